The van der Waals surface area contributed by atoms with E-state index in [0.717, 1.165) is 11.1 Å². The zero-order chi connectivity index (χ0) is 19.4. The molecule has 6 nitrogen and oxygen atoms in total. The minimum Gasteiger partial charge on any atom is -0.383 e. The number of amides is 3. The van der Waals surface area contributed by atoms with Crippen molar-refractivity contribution in [3.8, 4) is 0 Å². The number of benzene rings is 2. The summed E-state index contributed by atoms with van der Waals surface area (Å²) in [5.74, 6) is -0.501. The molecule has 2 aromatic rings. The van der Waals surface area contributed by atoms with Crippen LogP contribution in [-0.4, -0.2) is 36.6 Å². The zero-order valence-corrected chi connectivity index (χ0v) is 15.3. The number of methoxy groups -OCH3 is 1. The Balaban J connectivity index is 1.57. The van der Waals surface area contributed by atoms with Crippen LogP contribution in [0.25, 0.3) is 0 Å². The molecule has 0 radical (unpaired) electrons. The highest BCUT2D eigenvalue weighted by Gasteiger charge is 2.23. The van der Waals surface area contributed by atoms with E-state index >= 15 is 0 Å². The van der Waals surface area contributed by atoms with Crippen LogP contribution in [-0.2, 0) is 17.8 Å². The van der Waals surface area contributed by atoms with Gasteiger partial charge in [-0.15, -0.1) is 0 Å². The standard InChI is InChI=1S/C20H22FN3O3/c1-13(12-27-2)22-19(25)14-4-7-18(8-5-14)23-20(26)24-10-15-3-6-17(21)9-16(15)11-24/h3-9,13H,10-12H2,1-2H3,(H,22,25)(H,23,26). The lowest BCUT2D eigenvalue weighted by Crippen LogP contribution is -2.35. The normalized spacial score (nSPS) is 13.8. The molecule has 0 spiro atoms. The maximum atomic E-state index is 13.3. The summed E-state index contributed by atoms with van der Waals surface area (Å²) < 4.78 is 18.3. The Labute approximate surface area is 157 Å². The van der Waals surface area contributed by atoms with Crippen LogP contribution >= 0.6 is 0 Å². The summed E-state index contributed by atoms with van der Waals surface area (Å²) in [5, 5.41) is 5.63. The van der Waals surface area contributed by atoms with Crippen molar-refractivity contribution < 1.29 is 18.7 Å². The van der Waals surface area contributed by atoms with Crippen molar-refractivity contribution in [2.45, 2.75) is 26.1 Å². The van der Waals surface area contributed by atoms with Crippen LogP contribution in [0, 0.1) is 5.82 Å². The average Bonchev–Trinajstić information content (AvgIpc) is 3.05. The van der Waals surface area contributed by atoms with Crippen molar-refractivity contribution in [1.82, 2.24) is 10.2 Å². The van der Waals surface area contributed by atoms with Crippen LogP contribution in [0.4, 0.5) is 14.9 Å². The fourth-order valence-electron chi connectivity index (χ4n) is 3.01. The summed E-state index contributed by atoms with van der Waals surface area (Å²) in [6.07, 6.45) is 0. The lowest BCUT2D eigenvalue weighted by molar-refractivity contribution is 0.0905. The van der Waals surface area contributed by atoms with E-state index in [1.807, 2.05) is 6.92 Å². The van der Waals surface area contributed by atoms with Gasteiger partial charge in [0.15, 0.2) is 0 Å². The van der Waals surface area contributed by atoms with E-state index in [1.165, 1.54) is 12.1 Å². The van der Waals surface area contributed by atoms with E-state index in [-0.39, 0.29) is 23.8 Å². The Morgan fingerprint density at radius 2 is 1.85 bits per heavy atom. The second-order valence-electron chi connectivity index (χ2n) is 6.61. The molecule has 1 heterocycles. The molecule has 142 valence electrons. The molecule has 0 saturated heterocycles. The van der Waals surface area contributed by atoms with Gasteiger partial charge in [-0.2, -0.15) is 0 Å². The van der Waals surface area contributed by atoms with Crippen molar-refractivity contribution >= 4 is 17.6 Å². The molecule has 1 aliphatic rings. The van der Waals surface area contributed by atoms with Crippen LogP contribution in [0.3, 0.4) is 0 Å². The molecule has 2 aromatic carbocycles. The molecule has 27 heavy (non-hydrogen) atoms. The SMILES string of the molecule is COCC(C)NC(=O)c1ccc(NC(=O)N2Cc3ccc(F)cc3C2)cc1. The van der Waals surface area contributed by atoms with E-state index < -0.39 is 0 Å². The van der Waals surface area contributed by atoms with Crippen LogP contribution in [0.15, 0.2) is 42.5 Å². The number of halogens is 1. The summed E-state index contributed by atoms with van der Waals surface area (Å²) in [6.45, 7) is 3.11. The van der Waals surface area contributed by atoms with Crippen molar-refractivity contribution in [2.75, 3.05) is 19.0 Å². The molecular weight excluding hydrogens is 349 g/mol. The molecule has 1 unspecified atom stereocenters. The Bertz CT molecular complexity index is 839. The number of anilines is 1. The quantitative estimate of drug-likeness (QED) is 0.848. The van der Waals surface area contributed by atoms with Gasteiger partial charge in [-0.1, -0.05) is 6.07 Å². The number of rotatable bonds is 5. The molecule has 0 saturated carbocycles. The molecule has 3 amide bonds. The third-order valence-electron chi connectivity index (χ3n) is 4.37. The van der Waals surface area contributed by atoms with Gasteiger partial charge in [0.25, 0.3) is 5.91 Å². The topological polar surface area (TPSA) is 70.7 Å². The molecule has 0 bridgehead atoms. The molecule has 1 atom stereocenters. The molecule has 7 heteroatoms. The summed E-state index contributed by atoms with van der Waals surface area (Å²) in [7, 11) is 1.58. The molecule has 0 fully saturated rings. The number of nitrogens with one attached hydrogen (secondary N) is 2. The van der Waals surface area contributed by atoms with Crippen molar-refractivity contribution in [3.05, 3.63) is 65.0 Å². The monoisotopic (exact) mass is 371 g/mol. The lowest BCUT2D eigenvalue weighted by Gasteiger charge is -2.17. The number of ether oxygens (including phenoxy) is 1. The van der Waals surface area contributed by atoms with Crippen LogP contribution in [0.1, 0.15) is 28.4 Å². The van der Waals surface area contributed by atoms with E-state index in [1.54, 1.807) is 42.3 Å². The maximum Gasteiger partial charge on any atom is 0.322 e. The highest BCUT2D eigenvalue weighted by atomic mass is 19.1. The number of carbonyl (C=O) groups excluding carboxylic acids is 2. The summed E-state index contributed by atoms with van der Waals surface area (Å²) in [5.41, 5.74) is 2.86. The molecule has 2 N–H and O–H groups in total. The van der Waals surface area contributed by atoms with Gasteiger partial charge in [-0.05, 0) is 54.4 Å². The van der Waals surface area contributed by atoms with Crippen LogP contribution < -0.4 is 10.6 Å². The van der Waals surface area contributed by atoms with Gasteiger partial charge < -0.3 is 20.3 Å². The Kier molecular flexibility index (Phi) is 5.71. The third kappa shape index (κ3) is 4.62. The third-order valence-corrected chi connectivity index (χ3v) is 4.37. The van der Waals surface area contributed by atoms with Gasteiger partial charge in [-0.25, -0.2) is 9.18 Å². The van der Waals surface area contributed by atoms with E-state index in [4.69, 9.17) is 4.74 Å². The van der Waals surface area contributed by atoms with Crippen molar-refractivity contribution in [2.24, 2.45) is 0 Å². The first-order valence-electron chi connectivity index (χ1n) is 8.69. The van der Waals surface area contributed by atoms with E-state index in [0.29, 0.717) is 30.9 Å². The smallest absolute Gasteiger partial charge is 0.322 e. The maximum absolute atomic E-state index is 13.3. The minimum atomic E-state index is -0.301. The largest absolute Gasteiger partial charge is 0.383 e. The Hall–Kier alpha value is -2.93. The first kappa shape index (κ1) is 18.8. The van der Waals surface area contributed by atoms with Gasteiger partial charge >= 0.3 is 6.03 Å². The summed E-state index contributed by atoms with van der Waals surface area (Å²) in [6, 6.07) is 10.9. The number of nitrogens with zero attached hydrogens (tertiary/aromatic N) is 1. The second-order valence-corrected chi connectivity index (χ2v) is 6.61. The number of carbonyl (C=O) groups is 2. The molecule has 3 rings (SSSR count). The summed E-state index contributed by atoms with van der Waals surface area (Å²) in [4.78, 5) is 26.2. The average molecular weight is 371 g/mol. The number of hydrogen-bond donors (Lipinski definition) is 2. The second kappa shape index (κ2) is 8.18. The van der Waals surface area contributed by atoms with Gasteiger partial charge in [0.1, 0.15) is 5.82 Å². The molecule has 0 aliphatic carbocycles. The fraction of sp³-hybridized carbons (Fsp3) is 0.300. The molecule has 0 aromatic heterocycles. The Morgan fingerprint density at radius 1 is 1.15 bits per heavy atom. The first-order chi connectivity index (χ1) is 13.0. The first-order valence-corrected chi connectivity index (χ1v) is 8.69. The number of urea groups is 1. The van der Waals surface area contributed by atoms with Gasteiger partial charge in [0.05, 0.1) is 6.61 Å². The molecule has 1 aliphatic heterocycles. The van der Waals surface area contributed by atoms with E-state index in [9.17, 15) is 14.0 Å². The summed E-state index contributed by atoms with van der Waals surface area (Å²) >= 11 is 0. The van der Waals surface area contributed by atoms with Crippen molar-refractivity contribution in [3.63, 3.8) is 0 Å². The van der Waals surface area contributed by atoms with Crippen molar-refractivity contribution in [1.29, 1.82) is 0 Å². The van der Waals surface area contributed by atoms with Gasteiger partial charge in [0, 0.05) is 37.5 Å². The highest BCUT2D eigenvalue weighted by molar-refractivity contribution is 5.95. The van der Waals surface area contributed by atoms with Crippen LogP contribution in [0.5, 0.6) is 0 Å². The molecular formula is C20H22FN3O3. The Morgan fingerprint density at radius 3 is 2.56 bits per heavy atom. The minimum absolute atomic E-state index is 0.0940. The van der Waals surface area contributed by atoms with Gasteiger partial charge in [0.2, 0.25) is 0 Å². The predicted molar refractivity (Wildman–Crippen MR) is 99.9 cm³/mol. The highest BCUT2D eigenvalue weighted by Crippen LogP contribution is 2.24. The zero-order valence-electron chi connectivity index (χ0n) is 15.3. The number of hydrogen-bond acceptors (Lipinski definition) is 3. The lowest BCUT2D eigenvalue weighted by atomic mass is 10.1. The number of fused-ring (bicyclic) bond motifs is 1. The van der Waals surface area contributed by atoms with Gasteiger partial charge in [-0.3, -0.25) is 4.79 Å². The van der Waals surface area contributed by atoms with E-state index in [2.05, 4.69) is 10.6 Å². The fourth-order valence-corrected chi connectivity index (χ4v) is 3.01. The van der Waals surface area contributed by atoms with Crippen LogP contribution in [0.2, 0.25) is 0 Å². The predicted octanol–water partition coefficient (Wildman–Crippen LogP) is 3.14.